The van der Waals surface area contributed by atoms with Crippen LogP contribution in [0.15, 0.2) is 58.7 Å². The first-order chi connectivity index (χ1) is 20.9. The molecule has 3 aromatic carbocycles. The van der Waals surface area contributed by atoms with Crippen LogP contribution in [0.3, 0.4) is 0 Å². The fraction of sp³-hybridized carbons (Fsp3) is 0.476. The topological polar surface area (TPSA) is 0 Å². The molecule has 0 N–H and O–H groups in total. The van der Waals surface area contributed by atoms with E-state index in [1.807, 2.05) is 0 Å². The molecular weight excluding hydrogens is 617 g/mol. The molecule has 0 aromatic heterocycles. The van der Waals surface area contributed by atoms with Crippen molar-refractivity contribution in [2.45, 2.75) is 134 Å². The lowest BCUT2D eigenvalue weighted by Gasteiger charge is -2.48. The van der Waals surface area contributed by atoms with Crippen molar-refractivity contribution in [1.29, 1.82) is 0 Å². The van der Waals surface area contributed by atoms with E-state index in [9.17, 15) is 0 Å². The molecule has 46 heavy (non-hydrogen) atoms. The van der Waals surface area contributed by atoms with E-state index in [1.54, 1.807) is 42.3 Å². The molecule has 0 spiro atoms. The second-order valence-electron chi connectivity index (χ2n) is 18.1. The number of hydrogen-bond donors (Lipinski definition) is 0. The predicted molar refractivity (Wildman–Crippen MR) is 222 cm³/mol. The van der Waals surface area contributed by atoms with Gasteiger partial charge in [-0.1, -0.05) is 155 Å². The average Bonchev–Trinajstić information content (AvgIpc) is 3.04. The quantitative estimate of drug-likeness (QED) is 0.173. The lowest BCUT2D eigenvalue weighted by Crippen LogP contribution is -2.82. The van der Waals surface area contributed by atoms with Crippen molar-refractivity contribution in [3.63, 3.8) is 0 Å². The standard InChI is InChI=1S/C42H64Si4/c1-26-20-29(4)39(43(11,12)13)36(23-26)46(42-34(9)32(7)33(8)35(42)10,37-24-27(2)21-30(5)40(37)44(14,15)16)38-25-28(3)22-31(6)41(38)45(17,18)19/h20-25,42H,1-19H3. The molecule has 0 atom stereocenters. The summed E-state index contributed by atoms with van der Waals surface area (Å²) in [7, 11) is -8.28. The van der Waals surface area contributed by atoms with Crippen LogP contribution in [0.5, 0.6) is 0 Å². The molecule has 3 aromatic rings. The molecule has 0 heterocycles. The molecule has 0 saturated heterocycles. The van der Waals surface area contributed by atoms with Gasteiger partial charge in [-0.25, -0.2) is 0 Å². The van der Waals surface area contributed by atoms with Gasteiger partial charge in [0.1, 0.15) is 0 Å². The zero-order valence-electron chi connectivity index (χ0n) is 33.0. The van der Waals surface area contributed by atoms with E-state index >= 15 is 0 Å². The lowest BCUT2D eigenvalue weighted by molar-refractivity contribution is 1.09. The molecule has 1 aliphatic rings. The molecule has 248 valence electrons. The third-order valence-corrected chi connectivity index (χ3v) is 23.7. The molecule has 0 nitrogen and oxygen atoms in total. The van der Waals surface area contributed by atoms with E-state index in [2.05, 4.69) is 165 Å². The van der Waals surface area contributed by atoms with Crippen molar-refractivity contribution in [1.82, 2.24) is 0 Å². The van der Waals surface area contributed by atoms with Crippen molar-refractivity contribution in [3.05, 3.63) is 92.1 Å². The van der Waals surface area contributed by atoms with Crippen LogP contribution in [0, 0.1) is 41.5 Å². The van der Waals surface area contributed by atoms with Gasteiger partial charge < -0.3 is 0 Å². The molecule has 4 heteroatoms. The van der Waals surface area contributed by atoms with E-state index in [0.29, 0.717) is 5.54 Å². The Bertz CT molecular complexity index is 1590. The van der Waals surface area contributed by atoms with E-state index in [4.69, 9.17) is 0 Å². The van der Waals surface area contributed by atoms with Crippen molar-refractivity contribution in [3.8, 4) is 0 Å². The highest BCUT2D eigenvalue weighted by molar-refractivity contribution is 7.20. The second-order valence-corrected chi connectivity index (χ2v) is 36.9. The van der Waals surface area contributed by atoms with E-state index in [0.717, 1.165) is 0 Å². The van der Waals surface area contributed by atoms with Crippen molar-refractivity contribution in [2.75, 3.05) is 0 Å². The Kier molecular flexibility index (Phi) is 9.74. The minimum atomic E-state index is -2.86. The largest absolute Gasteiger partial charge is 0.158 e. The van der Waals surface area contributed by atoms with Crippen LogP contribution in [-0.4, -0.2) is 32.3 Å². The summed E-state index contributed by atoms with van der Waals surface area (Å²) in [5.41, 5.74) is 15.4. The van der Waals surface area contributed by atoms with Crippen LogP contribution in [0.1, 0.15) is 61.1 Å². The zero-order chi connectivity index (χ0) is 35.1. The van der Waals surface area contributed by atoms with Crippen LogP contribution < -0.4 is 31.1 Å². The monoisotopic (exact) mass is 680 g/mol. The first kappa shape index (κ1) is 36.8. The maximum Gasteiger partial charge on any atom is 0.158 e. The van der Waals surface area contributed by atoms with Crippen molar-refractivity contribution < 1.29 is 0 Å². The molecule has 4 rings (SSSR count). The second kappa shape index (κ2) is 12.2. The van der Waals surface area contributed by atoms with E-state index < -0.39 is 32.3 Å². The maximum absolute atomic E-state index is 2.86. The third kappa shape index (κ3) is 6.06. The van der Waals surface area contributed by atoms with Gasteiger partial charge in [0.15, 0.2) is 8.07 Å². The number of benzene rings is 3. The first-order valence-electron chi connectivity index (χ1n) is 17.6. The van der Waals surface area contributed by atoms with Gasteiger partial charge in [0.2, 0.25) is 0 Å². The highest BCUT2D eigenvalue weighted by Crippen LogP contribution is 2.46. The van der Waals surface area contributed by atoms with Gasteiger partial charge in [-0.15, -0.1) is 0 Å². The van der Waals surface area contributed by atoms with Gasteiger partial charge in [-0.3, -0.25) is 0 Å². The minimum Gasteiger partial charge on any atom is -0.0656 e. The van der Waals surface area contributed by atoms with Crippen LogP contribution in [0.2, 0.25) is 64.5 Å². The third-order valence-electron chi connectivity index (χ3n) is 11.0. The number of allylic oxidation sites excluding steroid dienone is 4. The molecule has 0 saturated carbocycles. The van der Waals surface area contributed by atoms with Gasteiger partial charge in [0.25, 0.3) is 0 Å². The summed E-state index contributed by atoms with van der Waals surface area (Å²) in [6.07, 6.45) is 0. The SMILES string of the molecule is CC1=C(C)C([Si](c2cc(C)cc(C)c2[Si](C)(C)C)(c2cc(C)cc(C)c2[Si](C)(C)C)c2cc(C)cc(C)c2[Si](C)(C)C)C(C)=C1C. The van der Waals surface area contributed by atoms with Gasteiger partial charge in [0, 0.05) is 5.54 Å². The highest BCUT2D eigenvalue weighted by atomic mass is 28.3. The Hall–Kier alpha value is -1.99. The zero-order valence-corrected chi connectivity index (χ0v) is 37.0. The first-order valence-corrected chi connectivity index (χ1v) is 30.2. The van der Waals surface area contributed by atoms with Crippen molar-refractivity contribution in [2.24, 2.45) is 0 Å². The summed E-state index contributed by atoms with van der Waals surface area (Å²) < 4.78 is 0. The summed E-state index contributed by atoms with van der Waals surface area (Å²) in [5, 5.41) is 10.3. The normalized spacial score (nSPS) is 15.5. The fourth-order valence-corrected chi connectivity index (χ4v) is 28.0. The molecule has 0 fully saturated rings. The van der Waals surface area contributed by atoms with Crippen LogP contribution in [-0.2, 0) is 0 Å². The predicted octanol–water partition coefficient (Wildman–Crippen LogP) is 8.70. The van der Waals surface area contributed by atoms with Gasteiger partial charge in [-0.05, 0) is 95.9 Å². The molecule has 0 amide bonds. The smallest absolute Gasteiger partial charge is 0.0656 e. The van der Waals surface area contributed by atoms with Crippen LogP contribution >= 0.6 is 0 Å². The minimum absolute atomic E-state index is 0.386. The number of hydrogen-bond acceptors (Lipinski definition) is 0. The van der Waals surface area contributed by atoms with Gasteiger partial charge >= 0.3 is 0 Å². The lowest BCUT2D eigenvalue weighted by atomic mass is 10.1. The summed E-state index contributed by atoms with van der Waals surface area (Å²) in [6.45, 7) is 47.6. The maximum atomic E-state index is 2.72. The number of rotatable bonds is 7. The van der Waals surface area contributed by atoms with Gasteiger partial charge in [0.05, 0.1) is 24.2 Å². The highest BCUT2D eigenvalue weighted by Gasteiger charge is 2.55. The van der Waals surface area contributed by atoms with E-state index in [1.165, 1.54) is 44.5 Å². The van der Waals surface area contributed by atoms with E-state index in [-0.39, 0.29) is 0 Å². The van der Waals surface area contributed by atoms with Crippen LogP contribution in [0.4, 0.5) is 0 Å². The Morgan fingerprint density at radius 2 is 0.609 bits per heavy atom. The summed E-state index contributed by atoms with van der Waals surface area (Å²) in [4.78, 5) is 0. The fourth-order valence-electron chi connectivity index (χ4n) is 9.72. The Labute approximate surface area is 287 Å². The molecular formula is C42H64Si4. The molecule has 0 aliphatic heterocycles. The summed E-state index contributed by atoms with van der Waals surface area (Å²) in [5.74, 6) is 0. The summed E-state index contributed by atoms with van der Waals surface area (Å²) >= 11 is 0. The molecule has 0 bridgehead atoms. The Morgan fingerprint density at radius 3 is 0.826 bits per heavy atom. The van der Waals surface area contributed by atoms with Crippen molar-refractivity contribution >= 4 is 63.4 Å². The Balaban J connectivity index is 2.61. The summed E-state index contributed by atoms with van der Waals surface area (Å²) in [6, 6.07) is 15.6. The van der Waals surface area contributed by atoms with Crippen LogP contribution in [0.25, 0.3) is 0 Å². The molecule has 0 unspecified atom stereocenters. The molecule has 0 radical (unpaired) electrons. The van der Waals surface area contributed by atoms with Gasteiger partial charge in [-0.2, -0.15) is 0 Å². The average molecular weight is 681 g/mol. The molecule has 1 aliphatic carbocycles. The number of aryl methyl sites for hydroxylation is 6. The Morgan fingerprint density at radius 1 is 0.370 bits per heavy atom.